The van der Waals surface area contributed by atoms with Crippen LogP contribution >= 0.6 is 23.4 Å². The number of halogens is 1. The number of hydrogen-bond donors (Lipinski definition) is 1. The lowest BCUT2D eigenvalue weighted by Crippen LogP contribution is -2.15. The van der Waals surface area contributed by atoms with Gasteiger partial charge in [-0.2, -0.15) is 0 Å². The van der Waals surface area contributed by atoms with Gasteiger partial charge < -0.3 is 5.32 Å². The average molecular weight is 281 g/mol. The lowest BCUT2D eigenvalue weighted by atomic mass is 10.3. The Labute approximate surface area is 113 Å². The van der Waals surface area contributed by atoms with Gasteiger partial charge in [-0.05, 0) is 18.4 Å². The van der Waals surface area contributed by atoms with Gasteiger partial charge in [0.2, 0.25) is 0 Å². The Hall–Kier alpha value is -1.66. The summed E-state index contributed by atoms with van der Waals surface area (Å²) in [7, 11) is 0. The summed E-state index contributed by atoms with van der Waals surface area (Å²) in [5.74, 6) is 0.0410. The minimum atomic E-state index is -0.406. The number of amides is 1. The van der Waals surface area contributed by atoms with Gasteiger partial charge in [0.1, 0.15) is 5.82 Å². The number of carbonyl (C=O) groups excluding carboxylic acids is 1. The van der Waals surface area contributed by atoms with Gasteiger partial charge in [-0.1, -0.05) is 29.4 Å². The molecule has 18 heavy (non-hydrogen) atoms. The lowest BCUT2D eigenvalue weighted by molar-refractivity contribution is 0.102. The van der Waals surface area contributed by atoms with E-state index in [1.165, 1.54) is 18.0 Å². The molecule has 2 rings (SSSR count). The zero-order chi connectivity index (χ0) is 13.0. The van der Waals surface area contributed by atoms with Gasteiger partial charge in [-0.25, -0.2) is 15.0 Å². The van der Waals surface area contributed by atoms with Gasteiger partial charge in [0.05, 0.1) is 11.2 Å². The molecule has 1 N–H and O–H groups in total. The summed E-state index contributed by atoms with van der Waals surface area (Å²) in [5, 5.41) is 3.32. The molecule has 5 nitrogen and oxygen atoms in total. The number of thioether (sulfide) groups is 1. The Balaban J connectivity index is 2.23. The Morgan fingerprint density at radius 2 is 2.22 bits per heavy atom. The minimum Gasteiger partial charge on any atom is -0.305 e. The summed E-state index contributed by atoms with van der Waals surface area (Å²) in [6.07, 6.45) is 4.82. The van der Waals surface area contributed by atoms with Gasteiger partial charge in [0.15, 0.2) is 10.9 Å². The second-order valence-corrected chi connectivity index (χ2v) is 4.40. The molecule has 0 fully saturated rings. The van der Waals surface area contributed by atoms with E-state index in [2.05, 4.69) is 20.3 Å². The van der Waals surface area contributed by atoms with E-state index in [0.717, 1.165) is 0 Å². The fourth-order valence-corrected chi connectivity index (χ4v) is 1.74. The molecule has 0 saturated heterocycles. The minimum absolute atomic E-state index is 0.140. The Kier molecular flexibility index (Phi) is 4.11. The van der Waals surface area contributed by atoms with Crippen LogP contribution < -0.4 is 5.32 Å². The van der Waals surface area contributed by atoms with E-state index >= 15 is 0 Å². The van der Waals surface area contributed by atoms with Crippen LogP contribution in [0.25, 0.3) is 0 Å². The molecule has 1 amide bonds. The fourth-order valence-electron chi connectivity index (χ4n) is 1.22. The Morgan fingerprint density at radius 1 is 1.39 bits per heavy atom. The highest BCUT2D eigenvalue weighted by Gasteiger charge is 2.14. The molecule has 0 unspecified atom stereocenters. The number of nitrogens with zero attached hydrogens (tertiary/aromatic N) is 3. The van der Waals surface area contributed by atoms with Crippen molar-refractivity contribution in [1.82, 2.24) is 15.0 Å². The molecule has 0 bridgehead atoms. The maximum absolute atomic E-state index is 12.0. The average Bonchev–Trinajstić information content (AvgIpc) is 2.40. The van der Waals surface area contributed by atoms with E-state index in [4.69, 9.17) is 11.6 Å². The highest BCUT2D eigenvalue weighted by Crippen LogP contribution is 2.17. The van der Waals surface area contributed by atoms with E-state index in [0.29, 0.717) is 11.0 Å². The van der Waals surface area contributed by atoms with Gasteiger partial charge in [0.25, 0.3) is 5.91 Å². The van der Waals surface area contributed by atoms with E-state index < -0.39 is 5.91 Å². The third-order valence-corrected chi connectivity index (χ3v) is 2.86. The van der Waals surface area contributed by atoms with E-state index in [1.54, 1.807) is 24.4 Å². The lowest BCUT2D eigenvalue weighted by Gasteiger charge is -2.05. The third-order valence-electron chi connectivity index (χ3n) is 2.03. The first-order valence-electron chi connectivity index (χ1n) is 4.99. The zero-order valence-electron chi connectivity index (χ0n) is 9.42. The van der Waals surface area contributed by atoms with Crippen molar-refractivity contribution in [2.24, 2.45) is 0 Å². The van der Waals surface area contributed by atoms with Crippen molar-refractivity contribution in [3.8, 4) is 0 Å². The molecule has 0 atom stereocenters. The molecule has 2 aromatic rings. The highest BCUT2D eigenvalue weighted by molar-refractivity contribution is 7.98. The third kappa shape index (κ3) is 2.96. The summed E-state index contributed by atoms with van der Waals surface area (Å²) in [5.41, 5.74) is 0.140. The van der Waals surface area contributed by atoms with Gasteiger partial charge in [0, 0.05) is 6.20 Å². The molecule has 2 aromatic heterocycles. The van der Waals surface area contributed by atoms with E-state index in [-0.39, 0.29) is 10.7 Å². The topological polar surface area (TPSA) is 67.8 Å². The Bertz CT molecular complexity index is 564. The van der Waals surface area contributed by atoms with Gasteiger partial charge >= 0.3 is 0 Å². The molecular weight excluding hydrogens is 272 g/mol. The molecule has 0 saturated carbocycles. The second kappa shape index (κ2) is 5.79. The molecule has 0 aliphatic heterocycles. The first-order valence-corrected chi connectivity index (χ1v) is 6.60. The Morgan fingerprint density at radius 3 is 2.89 bits per heavy atom. The molecule has 0 spiro atoms. The number of anilines is 1. The van der Waals surface area contributed by atoms with Crippen LogP contribution in [0.1, 0.15) is 10.5 Å². The second-order valence-electron chi connectivity index (χ2n) is 3.22. The standard InChI is InChI=1S/C11H9ClN4OS/c1-18-11-14-6-7(12)9(16-11)10(17)15-8-4-2-3-5-13-8/h2-6H,1H3,(H,13,15,17). The molecule has 7 heteroatoms. The smallest absolute Gasteiger partial charge is 0.277 e. The quantitative estimate of drug-likeness (QED) is 0.691. The normalized spacial score (nSPS) is 10.1. The maximum atomic E-state index is 12.0. The first kappa shape index (κ1) is 12.8. The van der Waals surface area contributed by atoms with Crippen LogP contribution in [-0.2, 0) is 0 Å². The summed E-state index contributed by atoms with van der Waals surface area (Å²) >= 11 is 7.24. The fraction of sp³-hybridized carbons (Fsp3) is 0.0909. The number of hydrogen-bond acceptors (Lipinski definition) is 5. The monoisotopic (exact) mass is 280 g/mol. The number of rotatable bonds is 3. The van der Waals surface area contributed by atoms with Crippen molar-refractivity contribution < 1.29 is 4.79 Å². The predicted molar refractivity (Wildman–Crippen MR) is 71.0 cm³/mol. The molecule has 0 aliphatic carbocycles. The highest BCUT2D eigenvalue weighted by atomic mass is 35.5. The first-order chi connectivity index (χ1) is 8.70. The van der Waals surface area contributed by atoms with Crippen LogP contribution in [0.4, 0.5) is 5.82 Å². The van der Waals surface area contributed by atoms with Crippen LogP contribution in [0, 0.1) is 0 Å². The largest absolute Gasteiger partial charge is 0.305 e. The van der Waals surface area contributed by atoms with Crippen LogP contribution in [0.15, 0.2) is 35.7 Å². The van der Waals surface area contributed by atoms with Crippen LogP contribution in [0.3, 0.4) is 0 Å². The molecule has 0 aromatic carbocycles. The number of pyridine rings is 1. The molecule has 0 radical (unpaired) electrons. The van der Waals surface area contributed by atoms with Crippen LogP contribution in [0.2, 0.25) is 5.02 Å². The zero-order valence-corrected chi connectivity index (χ0v) is 11.0. The van der Waals surface area contributed by atoms with E-state index in [1.807, 2.05) is 6.26 Å². The van der Waals surface area contributed by atoms with Crippen molar-refractivity contribution in [1.29, 1.82) is 0 Å². The van der Waals surface area contributed by atoms with Crippen molar-refractivity contribution in [2.75, 3.05) is 11.6 Å². The van der Waals surface area contributed by atoms with Crippen molar-refractivity contribution in [2.45, 2.75) is 5.16 Å². The summed E-state index contributed by atoms with van der Waals surface area (Å²) in [6.45, 7) is 0. The number of nitrogens with one attached hydrogen (secondary N) is 1. The van der Waals surface area contributed by atoms with E-state index in [9.17, 15) is 4.79 Å². The summed E-state index contributed by atoms with van der Waals surface area (Å²) < 4.78 is 0. The van der Waals surface area contributed by atoms with Crippen molar-refractivity contribution in [3.63, 3.8) is 0 Å². The van der Waals surface area contributed by atoms with Crippen LogP contribution in [-0.4, -0.2) is 27.1 Å². The predicted octanol–water partition coefficient (Wildman–Crippen LogP) is 2.50. The van der Waals surface area contributed by atoms with Crippen LogP contribution in [0.5, 0.6) is 0 Å². The maximum Gasteiger partial charge on any atom is 0.277 e. The summed E-state index contributed by atoms with van der Waals surface area (Å²) in [4.78, 5) is 24.0. The number of aromatic nitrogens is 3. The summed E-state index contributed by atoms with van der Waals surface area (Å²) in [6, 6.07) is 5.22. The van der Waals surface area contributed by atoms with Crippen molar-refractivity contribution >= 4 is 35.1 Å². The molecular formula is C11H9ClN4OS. The SMILES string of the molecule is CSc1ncc(Cl)c(C(=O)Nc2ccccn2)n1. The molecule has 2 heterocycles. The number of carbonyl (C=O) groups is 1. The molecule has 92 valence electrons. The molecule has 0 aliphatic rings. The van der Waals surface area contributed by atoms with Crippen molar-refractivity contribution in [3.05, 3.63) is 41.3 Å². The van der Waals surface area contributed by atoms with Gasteiger partial charge in [-0.15, -0.1) is 0 Å². The van der Waals surface area contributed by atoms with Gasteiger partial charge in [-0.3, -0.25) is 4.79 Å².